The first-order valence-electron chi connectivity index (χ1n) is 10.1. The number of aryl methyl sites for hydroxylation is 2. The van der Waals surface area contributed by atoms with Gasteiger partial charge in [0.1, 0.15) is 11.6 Å². The van der Waals surface area contributed by atoms with E-state index in [0.29, 0.717) is 18.0 Å². The number of aromatic nitrogens is 1. The predicted molar refractivity (Wildman–Crippen MR) is 122 cm³/mol. The second-order valence-electron chi connectivity index (χ2n) is 6.98. The van der Waals surface area contributed by atoms with Crippen molar-refractivity contribution in [3.63, 3.8) is 0 Å². The largest absolute Gasteiger partial charge is 0.494 e. The van der Waals surface area contributed by atoms with Gasteiger partial charge in [0.2, 0.25) is 5.91 Å². The normalized spacial score (nSPS) is 10.3. The molecule has 1 aromatic heterocycles. The van der Waals surface area contributed by atoms with Crippen LogP contribution in [0.15, 0.2) is 60.8 Å². The maximum atomic E-state index is 12.7. The zero-order chi connectivity index (χ0) is 22.2. The van der Waals surface area contributed by atoms with Crippen molar-refractivity contribution in [3.8, 4) is 5.75 Å². The highest BCUT2D eigenvalue weighted by molar-refractivity contribution is 6.02. The highest BCUT2D eigenvalue weighted by Crippen LogP contribution is 2.22. The van der Waals surface area contributed by atoms with Crippen LogP contribution in [0.25, 0.3) is 0 Å². The molecule has 7 nitrogen and oxygen atoms in total. The molecular formula is C24H26N4O3. The van der Waals surface area contributed by atoms with E-state index in [2.05, 4.69) is 20.9 Å². The number of rotatable bonds is 8. The second kappa shape index (κ2) is 10.2. The van der Waals surface area contributed by atoms with Gasteiger partial charge in [0.15, 0.2) is 0 Å². The molecule has 0 saturated carbocycles. The van der Waals surface area contributed by atoms with Gasteiger partial charge >= 0.3 is 0 Å². The number of amides is 2. The van der Waals surface area contributed by atoms with E-state index < -0.39 is 5.91 Å². The molecule has 0 aliphatic rings. The number of nitrogens with one attached hydrogen (secondary N) is 3. The van der Waals surface area contributed by atoms with E-state index in [1.54, 1.807) is 18.3 Å². The van der Waals surface area contributed by atoms with Crippen LogP contribution in [0, 0.1) is 13.8 Å². The third-order valence-corrected chi connectivity index (χ3v) is 4.64. The molecule has 7 heteroatoms. The minimum atomic E-state index is -0.391. The molecule has 3 N–H and O–H groups in total. The van der Waals surface area contributed by atoms with Crippen LogP contribution in [-0.4, -0.2) is 29.9 Å². The van der Waals surface area contributed by atoms with E-state index in [0.717, 1.165) is 28.3 Å². The molecule has 2 amide bonds. The van der Waals surface area contributed by atoms with E-state index in [9.17, 15) is 9.59 Å². The molecule has 0 unspecified atom stereocenters. The van der Waals surface area contributed by atoms with Gasteiger partial charge < -0.3 is 20.7 Å². The maximum absolute atomic E-state index is 12.7. The Bertz CT molecular complexity index is 1040. The highest BCUT2D eigenvalue weighted by Gasteiger charge is 2.14. The summed E-state index contributed by atoms with van der Waals surface area (Å²) in [6.45, 7) is 6.22. The van der Waals surface area contributed by atoms with Crippen molar-refractivity contribution < 1.29 is 14.3 Å². The highest BCUT2D eigenvalue weighted by atomic mass is 16.5. The zero-order valence-electron chi connectivity index (χ0n) is 17.9. The minimum absolute atomic E-state index is 0.149. The van der Waals surface area contributed by atoms with Gasteiger partial charge in [-0.1, -0.05) is 18.2 Å². The van der Waals surface area contributed by atoms with Gasteiger partial charge in [-0.15, -0.1) is 0 Å². The summed E-state index contributed by atoms with van der Waals surface area (Å²) in [4.78, 5) is 29.3. The number of benzene rings is 2. The van der Waals surface area contributed by atoms with Crippen LogP contribution in [0.5, 0.6) is 5.75 Å². The average Bonchev–Trinajstić information content (AvgIpc) is 2.77. The van der Waals surface area contributed by atoms with Crippen LogP contribution < -0.4 is 20.7 Å². The predicted octanol–water partition coefficient (Wildman–Crippen LogP) is 4.21. The van der Waals surface area contributed by atoms with E-state index in [1.165, 1.54) is 0 Å². The van der Waals surface area contributed by atoms with Crippen molar-refractivity contribution in [2.24, 2.45) is 0 Å². The third-order valence-electron chi connectivity index (χ3n) is 4.64. The number of carbonyl (C=O) groups is 2. The van der Waals surface area contributed by atoms with Crippen LogP contribution in [0.1, 0.15) is 28.4 Å². The van der Waals surface area contributed by atoms with Crippen LogP contribution in [0.3, 0.4) is 0 Å². The molecule has 3 rings (SSSR count). The Kier molecular flexibility index (Phi) is 7.22. The molecule has 0 bridgehead atoms. The minimum Gasteiger partial charge on any atom is -0.494 e. The molecule has 0 atom stereocenters. The fourth-order valence-corrected chi connectivity index (χ4v) is 3.08. The lowest BCUT2D eigenvalue weighted by atomic mass is 10.1. The van der Waals surface area contributed by atoms with Crippen LogP contribution in [0.4, 0.5) is 17.2 Å². The molecule has 0 saturated heterocycles. The van der Waals surface area contributed by atoms with Gasteiger partial charge in [-0.3, -0.25) is 9.59 Å². The van der Waals surface area contributed by atoms with Gasteiger partial charge in [-0.05, 0) is 68.3 Å². The molecule has 0 spiro atoms. The van der Waals surface area contributed by atoms with E-state index in [1.807, 2.05) is 63.2 Å². The fraction of sp³-hybridized carbons (Fsp3) is 0.208. The maximum Gasteiger partial charge on any atom is 0.255 e. The number of nitrogens with zero attached hydrogens (tertiary/aromatic N) is 1. The molecule has 2 aromatic carbocycles. The number of pyridine rings is 1. The van der Waals surface area contributed by atoms with E-state index >= 15 is 0 Å². The molecule has 160 valence electrons. The standard InChI is InChI=1S/C24H26N4O3/c1-4-31-19-12-10-18(11-13-19)27-23-20(9-6-14-25-23)24(30)26-15-21(29)28-22-16(2)7-5-8-17(22)3/h5-14H,4,15H2,1-3H3,(H,25,27)(H,26,30)(H,28,29). The SMILES string of the molecule is CCOc1ccc(Nc2ncccc2C(=O)NCC(=O)Nc2c(C)cccc2C)cc1. The third kappa shape index (κ3) is 5.82. The lowest BCUT2D eigenvalue weighted by Crippen LogP contribution is -2.33. The molecule has 0 radical (unpaired) electrons. The lowest BCUT2D eigenvalue weighted by Gasteiger charge is -2.13. The van der Waals surface area contributed by atoms with Gasteiger partial charge in [0.25, 0.3) is 5.91 Å². The smallest absolute Gasteiger partial charge is 0.255 e. The van der Waals surface area contributed by atoms with Crippen molar-refractivity contribution in [2.75, 3.05) is 23.8 Å². The average molecular weight is 418 g/mol. The van der Waals surface area contributed by atoms with Crippen LogP contribution >= 0.6 is 0 Å². The molecule has 3 aromatic rings. The molecule has 0 aliphatic carbocycles. The van der Waals surface area contributed by atoms with E-state index in [-0.39, 0.29) is 12.5 Å². The second-order valence-corrected chi connectivity index (χ2v) is 6.98. The monoisotopic (exact) mass is 418 g/mol. The molecular weight excluding hydrogens is 392 g/mol. The Hall–Kier alpha value is -3.87. The number of para-hydroxylation sites is 1. The molecule has 0 fully saturated rings. The molecule has 1 heterocycles. The summed E-state index contributed by atoms with van der Waals surface area (Å²) < 4.78 is 5.44. The van der Waals surface area contributed by atoms with Gasteiger partial charge in [0.05, 0.1) is 18.7 Å². The molecule has 31 heavy (non-hydrogen) atoms. The topological polar surface area (TPSA) is 92.3 Å². The first kappa shape index (κ1) is 21.8. The summed E-state index contributed by atoms with van der Waals surface area (Å²) in [6, 6.07) is 16.5. The summed E-state index contributed by atoms with van der Waals surface area (Å²) in [6.07, 6.45) is 1.60. The van der Waals surface area contributed by atoms with Gasteiger partial charge in [-0.25, -0.2) is 4.98 Å². The van der Waals surface area contributed by atoms with Crippen molar-refractivity contribution >= 4 is 29.0 Å². The van der Waals surface area contributed by atoms with Crippen molar-refractivity contribution in [1.82, 2.24) is 10.3 Å². The van der Waals surface area contributed by atoms with Crippen molar-refractivity contribution in [3.05, 3.63) is 77.5 Å². The zero-order valence-corrected chi connectivity index (χ0v) is 17.9. The lowest BCUT2D eigenvalue weighted by molar-refractivity contribution is -0.115. The quantitative estimate of drug-likeness (QED) is 0.510. The number of hydrogen-bond donors (Lipinski definition) is 3. The summed E-state index contributed by atoms with van der Waals surface area (Å²) in [5.41, 5.74) is 3.81. The first-order valence-corrected chi connectivity index (χ1v) is 10.1. The van der Waals surface area contributed by atoms with Gasteiger partial charge in [0, 0.05) is 17.6 Å². The van der Waals surface area contributed by atoms with Crippen molar-refractivity contribution in [1.29, 1.82) is 0 Å². The Morgan fingerprint density at radius 1 is 0.968 bits per heavy atom. The number of anilines is 3. The Morgan fingerprint density at radius 2 is 1.68 bits per heavy atom. The summed E-state index contributed by atoms with van der Waals surface area (Å²) >= 11 is 0. The Morgan fingerprint density at radius 3 is 2.35 bits per heavy atom. The Balaban J connectivity index is 1.63. The number of hydrogen-bond acceptors (Lipinski definition) is 5. The first-order chi connectivity index (χ1) is 15.0. The summed E-state index contributed by atoms with van der Waals surface area (Å²) in [5.74, 6) is 0.482. The summed E-state index contributed by atoms with van der Waals surface area (Å²) in [7, 11) is 0. The van der Waals surface area contributed by atoms with Crippen molar-refractivity contribution in [2.45, 2.75) is 20.8 Å². The van der Waals surface area contributed by atoms with Gasteiger partial charge in [-0.2, -0.15) is 0 Å². The number of ether oxygens (including phenoxy) is 1. The van der Waals surface area contributed by atoms with E-state index in [4.69, 9.17) is 4.74 Å². The Labute approximate surface area is 181 Å². The fourth-order valence-electron chi connectivity index (χ4n) is 3.08. The van der Waals surface area contributed by atoms with Crippen LogP contribution in [0.2, 0.25) is 0 Å². The molecule has 0 aliphatic heterocycles. The van der Waals surface area contributed by atoms with Crippen LogP contribution in [-0.2, 0) is 4.79 Å². The number of carbonyl (C=O) groups excluding carboxylic acids is 2. The summed E-state index contributed by atoms with van der Waals surface area (Å²) in [5, 5.41) is 8.65.